The molecule has 0 bridgehead atoms. The molecule has 4 heteroatoms. The predicted molar refractivity (Wildman–Crippen MR) is 89.4 cm³/mol. The number of rotatable bonds is 5. The molecule has 4 nitrogen and oxygen atoms in total. The predicted octanol–water partition coefficient (Wildman–Crippen LogP) is 3.55. The second-order valence-electron chi connectivity index (χ2n) is 4.81. The average molecular weight is 294 g/mol. The van der Waals surface area contributed by atoms with Gasteiger partial charge < -0.3 is 10.4 Å². The van der Waals surface area contributed by atoms with Gasteiger partial charge in [-0.1, -0.05) is 65.8 Å². The fraction of sp³-hybridized carbons (Fsp3) is 0.111. The number of benzene rings is 2. The highest BCUT2D eigenvalue weighted by atomic mass is 16.5. The molecule has 0 aliphatic rings. The lowest BCUT2D eigenvalue weighted by Gasteiger charge is -2.13. The third-order valence-electron chi connectivity index (χ3n) is 3.28. The van der Waals surface area contributed by atoms with Crippen LogP contribution in [-0.4, -0.2) is 27.9 Å². The van der Waals surface area contributed by atoms with E-state index in [9.17, 15) is 10.4 Å². The number of nitrogens with zero attached hydrogens (tertiary/aromatic N) is 2. The SMILES string of the molecule is CC(C(=NO)c1ccccc1)[N+]([O-])=CC=Cc1ccccc1. The first-order valence-corrected chi connectivity index (χ1v) is 7.02. The molecular weight excluding hydrogens is 276 g/mol. The molecule has 0 aliphatic heterocycles. The van der Waals surface area contributed by atoms with Crippen LogP contribution in [0.5, 0.6) is 0 Å². The summed E-state index contributed by atoms with van der Waals surface area (Å²) in [4.78, 5) is 0. The first-order valence-electron chi connectivity index (χ1n) is 7.02. The molecule has 0 saturated carbocycles. The van der Waals surface area contributed by atoms with E-state index in [1.54, 1.807) is 25.1 Å². The summed E-state index contributed by atoms with van der Waals surface area (Å²) in [5.74, 6) is 0. The van der Waals surface area contributed by atoms with Gasteiger partial charge in [-0.05, 0) is 11.6 Å². The zero-order valence-electron chi connectivity index (χ0n) is 12.3. The molecule has 0 amide bonds. The van der Waals surface area contributed by atoms with E-state index in [0.29, 0.717) is 5.71 Å². The molecule has 2 aromatic rings. The zero-order valence-corrected chi connectivity index (χ0v) is 12.3. The fourth-order valence-electron chi connectivity index (χ4n) is 2.04. The Bertz CT molecular complexity index is 677. The van der Waals surface area contributed by atoms with E-state index < -0.39 is 6.04 Å². The van der Waals surface area contributed by atoms with Gasteiger partial charge >= 0.3 is 0 Å². The van der Waals surface area contributed by atoms with Crippen molar-refractivity contribution in [2.75, 3.05) is 0 Å². The van der Waals surface area contributed by atoms with Gasteiger partial charge in [0.2, 0.25) is 6.04 Å². The quantitative estimate of drug-likeness (QED) is 0.301. The van der Waals surface area contributed by atoms with Crippen molar-refractivity contribution < 1.29 is 9.95 Å². The second-order valence-corrected chi connectivity index (χ2v) is 4.81. The van der Waals surface area contributed by atoms with E-state index in [4.69, 9.17) is 0 Å². The summed E-state index contributed by atoms with van der Waals surface area (Å²) in [7, 11) is 0. The number of hydroxylamine groups is 1. The minimum absolute atomic E-state index is 0.333. The van der Waals surface area contributed by atoms with Crippen molar-refractivity contribution >= 4 is 18.0 Å². The Morgan fingerprint density at radius 2 is 1.68 bits per heavy atom. The molecule has 112 valence electrons. The number of allylic oxidation sites excluding steroid dienone is 1. The second kappa shape index (κ2) is 7.78. The first-order chi connectivity index (χ1) is 10.7. The van der Waals surface area contributed by atoms with Gasteiger partial charge in [0.05, 0.1) is 0 Å². The first kappa shape index (κ1) is 15.5. The smallest absolute Gasteiger partial charge is 0.206 e. The summed E-state index contributed by atoms with van der Waals surface area (Å²) in [6, 6.07) is 18.3. The van der Waals surface area contributed by atoms with Crippen molar-refractivity contribution in [2.45, 2.75) is 13.0 Å². The van der Waals surface area contributed by atoms with Gasteiger partial charge in [0, 0.05) is 18.6 Å². The Morgan fingerprint density at radius 3 is 2.27 bits per heavy atom. The maximum absolute atomic E-state index is 12.1. The zero-order chi connectivity index (χ0) is 15.8. The van der Waals surface area contributed by atoms with Gasteiger partial charge in [0.15, 0.2) is 11.9 Å². The molecule has 22 heavy (non-hydrogen) atoms. The average Bonchev–Trinajstić information content (AvgIpc) is 2.57. The van der Waals surface area contributed by atoms with E-state index in [0.717, 1.165) is 15.9 Å². The van der Waals surface area contributed by atoms with Gasteiger partial charge in [0.25, 0.3) is 0 Å². The maximum atomic E-state index is 12.1. The van der Waals surface area contributed by atoms with Crippen LogP contribution in [0.1, 0.15) is 18.1 Å². The third-order valence-corrected chi connectivity index (χ3v) is 3.28. The van der Waals surface area contributed by atoms with Crippen LogP contribution >= 0.6 is 0 Å². The Kier molecular flexibility index (Phi) is 5.49. The molecule has 1 unspecified atom stereocenters. The molecule has 2 rings (SSSR count). The topological polar surface area (TPSA) is 58.7 Å². The van der Waals surface area contributed by atoms with E-state index >= 15 is 0 Å². The lowest BCUT2D eigenvalue weighted by atomic mass is 10.1. The molecule has 2 aromatic carbocycles. The van der Waals surface area contributed by atoms with E-state index in [2.05, 4.69) is 5.16 Å². The molecule has 0 saturated heterocycles. The molecule has 0 heterocycles. The van der Waals surface area contributed by atoms with Crippen LogP contribution in [0.25, 0.3) is 6.08 Å². The van der Waals surface area contributed by atoms with Crippen LogP contribution < -0.4 is 0 Å². The monoisotopic (exact) mass is 294 g/mol. The Morgan fingerprint density at radius 1 is 1.09 bits per heavy atom. The molecule has 0 aliphatic carbocycles. The highest BCUT2D eigenvalue weighted by Crippen LogP contribution is 2.07. The van der Waals surface area contributed by atoms with E-state index in [1.165, 1.54) is 6.21 Å². The lowest BCUT2D eigenvalue weighted by molar-refractivity contribution is -0.471. The van der Waals surface area contributed by atoms with Crippen molar-refractivity contribution in [3.63, 3.8) is 0 Å². The summed E-state index contributed by atoms with van der Waals surface area (Å²) in [6.07, 6.45) is 4.94. The Balaban J connectivity index is 2.12. The normalized spacial score (nSPS) is 14.2. The van der Waals surface area contributed by atoms with Crippen LogP contribution in [0, 0.1) is 5.21 Å². The van der Waals surface area contributed by atoms with Crippen molar-refractivity contribution in [3.8, 4) is 0 Å². The molecule has 1 atom stereocenters. The molecule has 0 fully saturated rings. The van der Waals surface area contributed by atoms with Crippen LogP contribution in [-0.2, 0) is 0 Å². The minimum Gasteiger partial charge on any atom is -0.623 e. The van der Waals surface area contributed by atoms with Gasteiger partial charge in [-0.2, -0.15) is 0 Å². The lowest BCUT2D eigenvalue weighted by Crippen LogP contribution is -2.29. The highest BCUT2D eigenvalue weighted by Gasteiger charge is 2.19. The Hall–Kier alpha value is -2.88. The molecule has 0 radical (unpaired) electrons. The molecular formula is C18H18N2O2. The fourth-order valence-corrected chi connectivity index (χ4v) is 2.04. The van der Waals surface area contributed by atoms with Crippen LogP contribution in [0.15, 0.2) is 71.9 Å². The summed E-state index contributed by atoms with van der Waals surface area (Å²) in [5.41, 5.74) is 2.07. The third kappa shape index (κ3) is 4.06. The summed E-state index contributed by atoms with van der Waals surface area (Å²) < 4.78 is 0.765. The van der Waals surface area contributed by atoms with E-state index in [1.807, 2.05) is 54.6 Å². The molecule has 0 spiro atoms. The van der Waals surface area contributed by atoms with E-state index in [-0.39, 0.29) is 0 Å². The highest BCUT2D eigenvalue weighted by molar-refractivity contribution is 6.03. The molecule has 1 N–H and O–H groups in total. The summed E-state index contributed by atoms with van der Waals surface area (Å²) >= 11 is 0. The van der Waals surface area contributed by atoms with Gasteiger partial charge in [-0.25, -0.2) is 4.74 Å². The van der Waals surface area contributed by atoms with Crippen molar-refractivity contribution in [2.24, 2.45) is 5.16 Å². The van der Waals surface area contributed by atoms with Gasteiger partial charge in [-0.15, -0.1) is 0 Å². The summed E-state index contributed by atoms with van der Waals surface area (Å²) in [6.45, 7) is 1.70. The maximum Gasteiger partial charge on any atom is 0.206 e. The largest absolute Gasteiger partial charge is 0.623 e. The van der Waals surface area contributed by atoms with Crippen molar-refractivity contribution in [1.82, 2.24) is 0 Å². The number of hydrogen-bond donors (Lipinski definition) is 1. The molecule has 0 aromatic heterocycles. The van der Waals surface area contributed by atoms with Gasteiger partial charge in [0.1, 0.15) is 0 Å². The van der Waals surface area contributed by atoms with Crippen molar-refractivity contribution in [3.05, 3.63) is 83.1 Å². The minimum atomic E-state index is -0.590. The Labute approximate surface area is 129 Å². The standard InChI is InChI=1S/C18H18N2O2/c1-15(18(19-21)17-12-6-3-7-13-17)20(22)14-8-11-16-9-4-2-5-10-16/h2-15,21H,1H3. The van der Waals surface area contributed by atoms with Crippen LogP contribution in [0.4, 0.5) is 0 Å². The number of hydrogen-bond acceptors (Lipinski definition) is 3. The van der Waals surface area contributed by atoms with Crippen LogP contribution in [0.2, 0.25) is 0 Å². The van der Waals surface area contributed by atoms with Crippen LogP contribution in [0.3, 0.4) is 0 Å². The van der Waals surface area contributed by atoms with Gasteiger partial charge in [-0.3, -0.25) is 0 Å². The summed E-state index contributed by atoms with van der Waals surface area (Å²) in [5, 5.41) is 24.6. The van der Waals surface area contributed by atoms with Crippen molar-refractivity contribution in [1.29, 1.82) is 0 Å². The number of oxime groups is 1.